The summed E-state index contributed by atoms with van der Waals surface area (Å²) in [6.07, 6.45) is 0.699. The van der Waals surface area contributed by atoms with Crippen molar-refractivity contribution in [3.63, 3.8) is 0 Å². The van der Waals surface area contributed by atoms with Gasteiger partial charge in [0.05, 0.1) is 17.6 Å². The Morgan fingerprint density at radius 3 is 2.93 bits per heavy atom. The molecule has 0 amide bonds. The molecule has 1 aromatic rings. The van der Waals surface area contributed by atoms with Crippen LogP contribution in [0.15, 0.2) is 24.3 Å². The summed E-state index contributed by atoms with van der Waals surface area (Å²) in [5.74, 6) is -0.873. The van der Waals surface area contributed by atoms with Gasteiger partial charge in [0.1, 0.15) is 0 Å². The van der Waals surface area contributed by atoms with Crippen molar-refractivity contribution in [1.82, 2.24) is 0 Å². The van der Waals surface area contributed by atoms with E-state index in [4.69, 9.17) is 10.4 Å². The van der Waals surface area contributed by atoms with Crippen molar-refractivity contribution in [2.45, 2.75) is 12.3 Å². The molecule has 1 aliphatic rings. The molecule has 14 heavy (non-hydrogen) atoms. The molecule has 0 aromatic heterocycles. The van der Waals surface area contributed by atoms with Gasteiger partial charge in [-0.1, -0.05) is 12.1 Å². The number of nitrogens with zero attached hydrogens (tertiary/aromatic N) is 1. The largest absolute Gasteiger partial charge is 0.481 e. The number of carbonyl (C=O) groups is 1. The molecule has 0 bridgehead atoms. The van der Waals surface area contributed by atoms with Crippen LogP contribution in [-0.2, 0) is 4.79 Å². The maximum Gasteiger partial charge on any atom is 0.307 e. The zero-order chi connectivity index (χ0) is 10.1. The average Bonchev–Trinajstić information content (AvgIpc) is 2.97. The second-order valence-corrected chi connectivity index (χ2v) is 3.52. The first-order chi connectivity index (χ1) is 6.72. The number of hydrogen-bond donors (Lipinski definition) is 1. The van der Waals surface area contributed by atoms with Gasteiger partial charge in [0.2, 0.25) is 0 Å². The van der Waals surface area contributed by atoms with Gasteiger partial charge >= 0.3 is 5.97 Å². The lowest BCUT2D eigenvalue weighted by Crippen LogP contribution is -1.98. The lowest BCUT2D eigenvalue weighted by molar-refractivity contribution is -0.138. The molecule has 0 spiro atoms. The van der Waals surface area contributed by atoms with Crippen LogP contribution in [0.3, 0.4) is 0 Å². The molecule has 0 heterocycles. The van der Waals surface area contributed by atoms with Gasteiger partial charge in [-0.15, -0.1) is 0 Å². The Balaban J connectivity index is 2.20. The van der Waals surface area contributed by atoms with Gasteiger partial charge < -0.3 is 5.11 Å². The molecule has 0 radical (unpaired) electrons. The lowest BCUT2D eigenvalue weighted by Gasteiger charge is -1.97. The molecular formula is C11H9NO2. The van der Waals surface area contributed by atoms with Crippen molar-refractivity contribution in [2.24, 2.45) is 5.92 Å². The predicted molar refractivity (Wildman–Crippen MR) is 49.6 cm³/mol. The van der Waals surface area contributed by atoms with Crippen LogP contribution in [0.1, 0.15) is 23.5 Å². The number of nitriles is 1. The smallest absolute Gasteiger partial charge is 0.307 e. The summed E-state index contributed by atoms with van der Waals surface area (Å²) in [4.78, 5) is 10.6. The second kappa shape index (κ2) is 3.15. The van der Waals surface area contributed by atoms with Crippen molar-refractivity contribution in [3.05, 3.63) is 35.4 Å². The molecule has 1 aliphatic carbocycles. The number of carboxylic acid groups (broad SMARTS) is 1. The second-order valence-electron chi connectivity index (χ2n) is 3.52. The fourth-order valence-electron chi connectivity index (χ4n) is 1.68. The average molecular weight is 187 g/mol. The van der Waals surface area contributed by atoms with Crippen LogP contribution in [-0.4, -0.2) is 11.1 Å². The molecule has 2 rings (SSSR count). The van der Waals surface area contributed by atoms with Crippen molar-refractivity contribution < 1.29 is 9.90 Å². The minimum atomic E-state index is -0.739. The molecule has 0 aliphatic heterocycles. The van der Waals surface area contributed by atoms with Crippen LogP contribution in [0.25, 0.3) is 0 Å². The summed E-state index contributed by atoms with van der Waals surface area (Å²) in [6, 6.07) is 9.22. The predicted octanol–water partition coefficient (Wildman–Crippen LogP) is 1.75. The highest BCUT2D eigenvalue weighted by Crippen LogP contribution is 2.47. The Hall–Kier alpha value is -1.82. The first-order valence-corrected chi connectivity index (χ1v) is 4.45. The van der Waals surface area contributed by atoms with Gasteiger partial charge in [0, 0.05) is 0 Å². The van der Waals surface area contributed by atoms with Crippen LogP contribution in [0.4, 0.5) is 0 Å². The SMILES string of the molecule is N#Cc1cccc([C@H]2C[C@H]2C(=O)O)c1. The maximum atomic E-state index is 10.6. The zero-order valence-electron chi connectivity index (χ0n) is 7.47. The normalized spacial score (nSPS) is 23.9. The van der Waals surface area contributed by atoms with E-state index in [1.54, 1.807) is 18.2 Å². The third kappa shape index (κ3) is 1.47. The summed E-state index contributed by atoms with van der Waals surface area (Å²) in [5, 5.41) is 17.4. The molecule has 3 heteroatoms. The maximum absolute atomic E-state index is 10.6. The number of rotatable bonds is 2. The number of carboxylic acids is 1. The van der Waals surface area contributed by atoms with Crippen LogP contribution in [0, 0.1) is 17.2 Å². The molecular weight excluding hydrogens is 178 g/mol. The monoisotopic (exact) mass is 187 g/mol. The highest BCUT2D eigenvalue weighted by Gasteiger charge is 2.44. The van der Waals surface area contributed by atoms with E-state index >= 15 is 0 Å². The minimum absolute atomic E-state index is 0.112. The fourth-order valence-corrected chi connectivity index (χ4v) is 1.68. The van der Waals surface area contributed by atoms with Crippen molar-refractivity contribution in [1.29, 1.82) is 5.26 Å². The van der Waals surface area contributed by atoms with E-state index < -0.39 is 5.97 Å². The Labute approximate surface area is 81.6 Å². The van der Waals surface area contributed by atoms with Gasteiger partial charge in [-0.3, -0.25) is 4.79 Å². The van der Waals surface area contributed by atoms with Crippen molar-refractivity contribution >= 4 is 5.97 Å². The van der Waals surface area contributed by atoms with E-state index in [1.807, 2.05) is 12.1 Å². The van der Waals surface area contributed by atoms with E-state index in [0.717, 1.165) is 5.56 Å². The highest BCUT2D eigenvalue weighted by atomic mass is 16.4. The standard InChI is InChI=1S/C11H9NO2/c12-6-7-2-1-3-8(4-7)9-5-10(9)11(13)14/h1-4,9-10H,5H2,(H,13,14)/t9-,10-/m1/s1. The quantitative estimate of drug-likeness (QED) is 0.767. The van der Waals surface area contributed by atoms with Gasteiger partial charge in [-0.05, 0) is 30.0 Å². The molecule has 1 aromatic carbocycles. The molecule has 70 valence electrons. The highest BCUT2D eigenvalue weighted by molar-refractivity contribution is 5.75. The molecule has 0 unspecified atom stereocenters. The van der Waals surface area contributed by atoms with E-state index in [2.05, 4.69) is 0 Å². The fraction of sp³-hybridized carbons (Fsp3) is 0.273. The van der Waals surface area contributed by atoms with Crippen LogP contribution in [0.2, 0.25) is 0 Å². The Morgan fingerprint density at radius 1 is 1.57 bits per heavy atom. The number of benzene rings is 1. The molecule has 1 saturated carbocycles. The molecule has 2 atom stereocenters. The minimum Gasteiger partial charge on any atom is -0.481 e. The van der Waals surface area contributed by atoms with Gasteiger partial charge in [-0.25, -0.2) is 0 Å². The van der Waals surface area contributed by atoms with E-state index in [9.17, 15) is 4.79 Å². The van der Waals surface area contributed by atoms with Gasteiger partial charge in [0.15, 0.2) is 0 Å². The Kier molecular flexibility index (Phi) is 1.97. The van der Waals surface area contributed by atoms with Crippen LogP contribution >= 0.6 is 0 Å². The van der Waals surface area contributed by atoms with Crippen molar-refractivity contribution in [2.75, 3.05) is 0 Å². The van der Waals surface area contributed by atoms with Crippen LogP contribution < -0.4 is 0 Å². The molecule has 0 saturated heterocycles. The van der Waals surface area contributed by atoms with E-state index in [0.29, 0.717) is 12.0 Å². The lowest BCUT2D eigenvalue weighted by atomic mass is 10.1. The first-order valence-electron chi connectivity index (χ1n) is 4.45. The molecule has 3 nitrogen and oxygen atoms in total. The summed E-state index contributed by atoms with van der Waals surface area (Å²) in [7, 11) is 0. The zero-order valence-corrected chi connectivity index (χ0v) is 7.47. The Bertz CT molecular complexity index is 420. The van der Waals surface area contributed by atoms with E-state index in [1.165, 1.54) is 0 Å². The van der Waals surface area contributed by atoms with Crippen molar-refractivity contribution in [3.8, 4) is 6.07 Å². The number of aliphatic carboxylic acids is 1. The summed E-state index contributed by atoms with van der Waals surface area (Å²) < 4.78 is 0. The molecule has 1 N–H and O–H groups in total. The van der Waals surface area contributed by atoms with Gasteiger partial charge in [-0.2, -0.15) is 5.26 Å². The third-order valence-electron chi connectivity index (χ3n) is 2.55. The third-order valence-corrected chi connectivity index (χ3v) is 2.55. The summed E-state index contributed by atoms with van der Waals surface area (Å²) in [6.45, 7) is 0. The molecule has 1 fully saturated rings. The van der Waals surface area contributed by atoms with E-state index in [-0.39, 0.29) is 11.8 Å². The summed E-state index contributed by atoms with van der Waals surface area (Å²) in [5.41, 5.74) is 1.56. The topological polar surface area (TPSA) is 61.1 Å². The van der Waals surface area contributed by atoms with Gasteiger partial charge in [0.25, 0.3) is 0 Å². The first kappa shape index (κ1) is 8.76. The van der Waals surface area contributed by atoms with Crippen LogP contribution in [0.5, 0.6) is 0 Å². The number of hydrogen-bond acceptors (Lipinski definition) is 2. The Morgan fingerprint density at radius 2 is 2.36 bits per heavy atom. The summed E-state index contributed by atoms with van der Waals surface area (Å²) >= 11 is 0.